The maximum Gasteiger partial charge on any atom is 0.407 e. The molecular weight excluding hydrogens is 354 g/mol. The van der Waals surface area contributed by atoms with Crippen LogP contribution in [0.2, 0.25) is 0 Å². The molecule has 0 saturated heterocycles. The van der Waals surface area contributed by atoms with Gasteiger partial charge in [0.15, 0.2) is 0 Å². The van der Waals surface area contributed by atoms with E-state index in [4.69, 9.17) is 4.74 Å². The van der Waals surface area contributed by atoms with Crippen molar-refractivity contribution in [2.75, 3.05) is 5.32 Å². The molecule has 2 amide bonds. The van der Waals surface area contributed by atoms with Crippen LogP contribution < -0.4 is 10.6 Å². The predicted molar refractivity (Wildman–Crippen MR) is 108 cm³/mol. The van der Waals surface area contributed by atoms with Gasteiger partial charge in [-0.25, -0.2) is 4.79 Å². The van der Waals surface area contributed by atoms with Crippen LogP contribution in [-0.4, -0.2) is 23.0 Å². The van der Waals surface area contributed by atoms with Gasteiger partial charge in [0, 0.05) is 24.1 Å². The number of ether oxygens (including phenoxy) is 1. The van der Waals surface area contributed by atoms with Crippen LogP contribution >= 0.6 is 0 Å². The highest BCUT2D eigenvalue weighted by Crippen LogP contribution is 2.40. The second-order valence-electron chi connectivity index (χ2n) is 7.33. The number of aromatic nitrogens is 1. The summed E-state index contributed by atoms with van der Waals surface area (Å²) < 4.78 is 5.34. The van der Waals surface area contributed by atoms with Crippen molar-refractivity contribution in [3.8, 4) is 0 Å². The molecule has 6 nitrogen and oxygen atoms in total. The number of hydrogen-bond donors (Lipinski definition) is 2. The topological polar surface area (TPSA) is 80.3 Å². The average Bonchev–Trinajstić information content (AvgIpc) is 2.74. The number of pyridine rings is 1. The van der Waals surface area contributed by atoms with Gasteiger partial charge in [-0.3, -0.25) is 9.78 Å². The molecule has 6 heteroatoms. The summed E-state index contributed by atoms with van der Waals surface area (Å²) in [6.07, 6.45) is 7.31. The highest BCUT2D eigenvalue weighted by Gasteiger charge is 2.45. The van der Waals surface area contributed by atoms with Gasteiger partial charge in [-0.05, 0) is 37.5 Å². The van der Waals surface area contributed by atoms with Crippen LogP contribution in [0.25, 0.3) is 0 Å². The summed E-state index contributed by atoms with van der Waals surface area (Å²) in [6.45, 7) is 2.09. The third-order valence-electron chi connectivity index (χ3n) is 5.51. The summed E-state index contributed by atoms with van der Waals surface area (Å²) in [5.74, 6) is -0.0609. The van der Waals surface area contributed by atoms with Gasteiger partial charge in [0.25, 0.3) is 0 Å². The van der Waals surface area contributed by atoms with E-state index in [1.165, 1.54) is 0 Å². The van der Waals surface area contributed by atoms with Crippen molar-refractivity contribution in [3.63, 3.8) is 0 Å². The number of benzene rings is 1. The Morgan fingerprint density at radius 2 is 1.75 bits per heavy atom. The molecule has 1 saturated carbocycles. The van der Waals surface area contributed by atoms with Crippen molar-refractivity contribution in [3.05, 3.63) is 60.4 Å². The lowest BCUT2D eigenvalue weighted by Gasteiger charge is -2.40. The molecule has 0 radical (unpaired) electrons. The molecule has 1 unspecified atom stereocenters. The minimum atomic E-state index is -0.646. The molecule has 148 valence electrons. The Hall–Kier alpha value is -2.89. The Kier molecular flexibility index (Phi) is 6.63. The maximum atomic E-state index is 13.2. The molecule has 1 fully saturated rings. The third-order valence-corrected chi connectivity index (χ3v) is 5.51. The van der Waals surface area contributed by atoms with Gasteiger partial charge in [-0.1, -0.05) is 49.6 Å². The molecule has 1 aromatic heterocycles. The van der Waals surface area contributed by atoms with Crippen LogP contribution in [-0.2, 0) is 16.1 Å². The summed E-state index contributed by atoms with van der Waals surface area (Å²) in [7, 11) is 0. The monoisotopic (exact) mass is 381 g/mol. The van der Waals surface area contributed by atoms with Gasteiger partial charge in [0.1, 0.15) is 6.61 Å². The Morgan fingerprint density at radius 1 is 1.07 bits per heavy atom. The number of carbonyl (C=O) groups is 2. The molecule has 1 atom stereocenters. The van der Waals surface area contributed by atoms with Gasteiger partial charge in [-0.2, -0.15) is 0 Å². The molecule has 1 heterocycles. The molecule has 1 aliphatic carbocycles. The molecule has 2 N–H and O–H groups in total. The normalized spacial score (nSPS) is 16.6. The fourth-order valence-electron chi connectivity index (χ4n) is 3.81. The van der Waals surface area contributed by atoms with Gasteiger partial charge >= 0.3 is 6.09 Å². The lowest BCUT2D eigenvalue weighted by Crippen LogP contribution is -2.53. The predicted octanol–water partition coefficient (Wildman–Crippen LogP) is 4.29. The lowest BCUT2D eigenvalue weighted by molar-refractivity contribution is -0.129. The van der Waals surface area contributed by atoms with E-state index >= 15 is 0 Å². The fraction of sp³-hybridized carbons (Fsp3) is 0.409. The molecule has 0 aliphatic heterocycles. The van der Waals surface area contributed by atoms with Gasteiger partial charge in [-0.15, -0.1) is 0 Å². The minimum Gasteiger partial charge on any atom is -0.445 e. The maximum absolute atomic E-state index is 13.2. The molecule has 28 heavy (non-hydrogen) atoms. The van der Waals surface area contributed by atoms with Crippen molar-refractivity contribution in [2.24, 2.45) is 5.41 Å². The van der Waals surface area contributed by atoms with E-state index < -0.39 is 11.5 Å². The smallest absolute Gasteiger partial charge is 0.407 e. The summed E-state index contributed by atoms with van der Waals surface area (Å²) in [6, 6.07) is 12.7. The van der Waals surface area contributed by atoms with Crippen molar-refractivity contribution >= 4 is 17.7 Å². The second-order valence-corrected chi connectivity index (χ2v) is 7.33. The summed E-state index contributed by atoms with van der Waals surface area (Å²) in [5, 5.41) is 5.89. The molecule has 0 spiro atoms. The van der Waals surface area contributed by atoms with Gasteiger partial charge < -0.3 is 15.4 Å². The van der Waals surface area contributed by atoms with Crippen LogP contribution in [0.3, 0.4) is 0 Å². The molecule has 1 aromatic carbocycles. The quantitative estimate of drug-likeness (QED) is 0.782. The number of hydrogen-bond acceptors (Lipinski definition) is 4. The number of rotatable bonds is 6. The fourth-order valence-corrected chi connectivity index (χ4v) is 3.81. The van der Waals surface area contributed by atoms with Crippen molar-refractivity contribution in [2.45, 2.75) is 51.7 Å². The Balaban J connectivity index is 1.64. The molecule has 1 aliphatic rings. The SMILES string of the molecule is CC(NC(=O)OCc1ccccc1)C1(C(=O)Nc2ccncc2)CCCCC1. The number of anilines is 1. The largest absolute Gasteiger partial charge is 0.445 e. The van der Waals surface area contributed by atoms with Crippen molar-refractivity contribution < 1.29 is 14.3 Å². The summed E-state index contributed by atoms with van der Waals surface area (Å²) in [5.41, 5.74) is 0.990. The first-order chi connectivity index (χ1) is 13.6. The van der Waals surface area contributed by atoms with E-state index in [0.29, 0.717) is 5.69 Å². The van der Waals surface area contributed by atoms with E-state index in [9.17, 15) is 9.59 Å². The first-order valence-corrected chi connectivity index (χ1v) is 9.79. The van der Waals surface area contributed by atoms with Crippen molar-refractivity contribution in [1.29, 1.82) is 0 Å². The van der Waals surface area contributed by atoms with E-state index in [0.717, 1.165) is 37.7 Å². The van der Waals surface area contributed by atoms with Crippen molar-refractivity contribution in [1.82, 2.24) is 10.3 Å². The van der Waals surface area contributed by atoms with E-state index in [1.54, 1.807) is 24.5 Å². The summed E-state index contributed by atoms with van der Waals surface area (Å²) >= 11 is 0. The van der Waals surface area contributed by atoms with E-state index in [-0.39, 0.29) is 18.6 Å². The van der Waals surface area contributed by atoms with Crippen LogP contribution in [0, 0.1) is 5.41 Å². The molecule has 2 aromatic rings. The van der Waals surface area contributed by atoms with Crippen LogP contribution in [0.15, 0.2) is 54.9 Å². The van der Waals surface area contributed by atoms with Crippen LogP contribution in [0.4, 0.5) is 10.5 Å². The van der Waals surface area contributed by atoms with E-state index in [2.05, 4.69) is 15.6 Å². The standard InChI is InChI=1S/C22H27N3O3/c1-17(24-21(27)28-16-18-8-4-2-5-9-18)22(12-6-3-7-13-22)20(26)25-19-10-14-23-15-11-19/h2,4-5,8-11,14-15,17H,3,6-7,12-13,16H2,1H3,(H,24,27)(H,23,25,26). The first-order valence-electron chi connectivity index (χ1n) is 9.79. The Bertz CT molecular complexity index is 774. The zero-order valence-electron chi connectivity index (χ0n) is 16.2. The number of alkyl carbamates (subject to hydrolysis) is 1. The highest BCUT2D eigenvalue weighted by molar-refractivity contribution is 5.96. The zero-order chi connectivity index (χ0) is 19.8. The molecule has 0 bridgehead atoms. The lowest BCUT2D eigenvalue weighted by atomic mass is 9.68. The number of nitrogens with zero attached hydrogens (tertiary/aromatic N) is 1. The Labute approximate surface area is 165 Å². The number of carbonyl (C=O) groups excluding carboxylic acids is 2. The molecular formula is C22H27N3O3. The van der Waals surface area contributed by atoms with E-state index in [1.807, 2.05) is 37.3 Å². The highest BCUT2D eigenvalue weighted by atomic mass is 16.5. The van der Waals surface area contributed by atoms with Crippen LogP contribution in [0.1, 0.15) is 44.6 Å². The summed E-state index contributed by atoms with van der Waals surface area (Å²) in [4.78, 5) is 29.5. The third kappa shape index (κ3) is 4.88. The van der Waals surface area contributed by atoms with Crippen LogP contribution in [0.5, 0.6) is 0 Å². The zero-order valence-corrected chi connectivity index (χ0v) is 16.2. The minimum absolute atomic E-state index is 0.0609. The average molecular weight is 381 g/mol. The second kappa shape index (κ2) is 9.35. The number of nitrogens with one attached hydrogen (secondary N) is 2. The van der Waals surface area contributed by atoms with Gasteiger partial charge in [0.05, 0.1) is 5.41 Å². The first kappa shape index (κ1) is 19.9. The molecule has 3 rings (SSSR count). The van der Waals surface area contributed by atoms with Gasteiger partial charge in [0.2, 0.25) is 5.91 Å². The number of amides is 2. The Morgan fingerprint density at radius 3 is 2.43 bits per heavy atom.